The molecule has 2 heterocycles. The summed E-state index contributed by atoms with van der Waals surface area (Å²) >= 11 is 0. The topological polar surface area (TPSA) is 77.8 Å². The summed E-state index contributed by atoms with van der Waals surface area (Å²) in [5.41, 5.74) is 3.61. The molecule has 2 aromatic heterocycles. The van der Waals surface area contributed by atoms with Crippen molar-refractivity contribution >= 4 is 33.4 Å². The molecule has 28 heavy (non-hydrogen) atoms. The fourth-order valence-electron chi connectivity index (χ4n) is 4.34. The molecule has 0 radical (unpaired) electrons. The first-order valence-corrected chi connectivity index (χ1v) is 9.73. The van der Waals surface area contributed by atoms with Gasteiger partial charge in [-0.15, -0.1) is 0 Å². The molecule has 3 N–H and O–H groups in total. The van der Waals surface area contributed by atoms with Gasteiger partial charge in [0.15, 0.2) is 0 Å². The summed E-state index contributed by atoms with van der Waals surface area (Å²) in [4.78, 5) is 31.7. The predicted octanol–water partition coefficient (Wildman–Crippen LogP) is 4.92. The molecule has 5 rings (SSSR count). The van der Waals surface area contributed by atoms with E-state index in [2.05, 4.69) is 27.5 Å². The Kier molecular flexibility index (Phi) is 4.01. The van der Waals surface area contributed by atoms with Crippen LogP contribution in [0, 0.1) is 0 Å². The quantitative estimate of drug-likeness (QED) is 0.478. The van der Waals surface area contributed by atoms with Gasteiger partial charge in [0, 0.05) is 39.9 Å². The third kappa shape index (κ3) is 2.80. The average molecular weight is 371 g/mol. The smallest absolute Gasteiger partial charge is 0.261 e. The lowest BCUT2D eigenvalue weighted by Gasteiger charge is -2.09. The highest BCUT2D eigenvalue weighted by atomic mass is 16.2. The van der Waals surface area contributed by atoms with Crippen LogP contribution in [0.15, 0.2) is 59.7 Å². The highest BCUT2D eigenvalue weighted by Crippen LogP contribution is 2.38. The van der Waals surface area contributed by atoms with Gasteiger partial charge >= 0.3 is 0 Å². The monoisotopic (exact) mass is 371 g/mol. The fraction of sp³-hybridized carbons (Fsp3) is 0.217. The highest BCUT2D eigenvalue weighted by Gasteiger charge is 2.20. The van der Waals surface area contributed by atoms with Gasteiger partial charge in [0.1, 0.15) is 5.56 Å². The number of carbonyl (C=O) groups excluding carboxylic acids is 1. The van der Waals surface area contributed by atoms with Crippen molar-refractivity contribution in [3.63, 3.8) is 0 Å². The van der Waals surface area contributed by atoms with Crippen molar-refractivity contribution in [3.8, 4) is 0 Å². The third-order valence-electron chi connectivity index (χ3n) is 5.80. The summed E-state index contributed by atoms with van der Waals surface area (Å²) in [7, 11) is 0. The summed E-state index contributed by atoms with van der Waals surface area (Å²) in [5, 5.41) is 4.58. The first-order chi connectivity index (χ1) is 13.7. The summed E-state index contributed by atoms with van der Waals surface area (Å²) in [5.74, 6) is 0.222. The van der Waals surface area contributed by atoms with E-state index in [0.29, 0.717) is 17.0 Å². The molecular formula is C23H21N3O2. The number of nitrogens with one attached hydrogen (secondary N) is 3. The van der Waals surface area contributed by atoms with Crippen molar-refractivity contribution in [2.75, 3.05) is 5.32 Å². The molecule has 1 fully saturated rings. The molecule has 1 saturated carbocycles. The fourth-order valence-corrected chi connectivity index (χ4v) is 4.34. The summed E-state index contributed by atoms with van der Waals surface area (Å²) in [6.07, 6.45) is 8.66. The van der Waals surface area contributed by atoms with E-state index in [4.69, 9.17) is 0 Å². The van der Waals surface area contributed by atoms with E-state index in [9.17, 15) is 9.59 Å². The normalized spacial score (nSPS) is 14.7. The van der Waals surface area contributed by atoms with Gasteiger partial charge in [-0.3, -0.25) is 9.59 Å². The van der Waals surface area contributed by atoms with Gasteiger partial charge in [-0.2, -0.15) is 0 Å². The number of aromatic amines is 2. The van der Waals surface area contributed by atoms with Gasteiger partial charge in [-0.05, 0) is 48.6 Å². The van der Waals surface area contributed by atoms with Crippen molar-refractivity contribution in [1.82, 2.24) is 9.97 Å². The van der Waals surface area contributed by atoms with E-state index in [1.165, 1.54) is 42.8 Å². The average Bonchev–Trinajstić information content (AvgIpc) is 3.37. The minimum atomic E-state index is -0.408. The zero-order valence-corrected chi connectivity index (χ0v) is 15.4. The van der Waals surface area contributed by atoms with Gasteiger partial charge in [-0.25, -0.2) is 0 Å². The Hall–Kier alpha value is -3.34. The number of rotatable bonds is 3. The van der Waals surface area contributed by atoms with E-state index in [0.717, 1.165) is 11.0 Å². The SMILES string of the molecule is O=C(Nc1ccc2c(C3CCCC3)c[nH]c2c1)c1c[nH]c2ccccc2c1=O. The van der Waals surface area contributed by atoms with Crippen molar-refractivity contribution < 1.29 is 4.79 Å². The number of amides is 1. The third-order valence-corrected chi connectivity index (χ3v) is 5.80. The van der Waals surface area contributed by atoms with Crippen LogP contribution in [0.25, 0.3) is 21.8 Å². The second kappa shape index (κ2) is 6.68. The highest BCUT2D eigenvalue weighted by molar-refractivity contribution is 6.06. The second-order valence-electron chi connectivity index (χ2n) is 7.52. The Labute approximate surface area is 161 Å². The van der Waals surface area contributed by atoms with Crippen LogP contribution in [0.5, 0.6) is 0 Å². The maximum absolute atomic E-state index is 12.7. The largest absolute Gasteiger partial charge is 0.361 e. The Balaban J connectivity index is 1.44. The van der Waals surface area contributed by atoms with E-state index in [-0.39, 0.29) is 11.0 Å². The number of carbonyl (C=O) groups is 1. The Morgan fingerprint density at radius 2 is 1.71 bits per heavy atom. The van der Waals surface area contributed by atoms with Crippen LogP contribution in [-0.2, 0) is 0 Å². The van der Waals surface area contributed by atoms with Gasteiger partial charge < -0.3 is 15.3 Å². The number of benzene rings is 2. The molecule has 5 nitrogen and oxygen atoms in total. The van der Waals surface area contributed by atoms with Crippen molar-refractivity contribution in [3.05, 3.63) is 76.2 Å². The van der Waals surface area contributed by atoms with E-state index >= 15 is 0 Å². The van der Waals surface area contributed by atoms with E-state index in [1.54, 1.807) is 12.1 Å². The van der Waals surface area contributed by atoms with Crippen LogP contribution in [0.1, 0.15) is 47.5 Å². The molecule has 4 aromatic rings. The van der Waals surface area contributed by atoms with Crippen molar-refractivity contribution in [2.45, 2.75) is 31.6 Å². The van der Waals surface area contributed by atoms with Gasteiger partial charge in [0.05, 0.1) is 0 Å². The van der Waals surface area contributed by atoms with Gasteiger partial charge in [-0.1, -0.05) is 31.0 Å². The maximum Gasteiger partial charge on any atom is 0.261 e. The number of hydrogen-bond acceptors (Lipinski definition) is 2. The molecule has 140 valence electrons. The van der Waals surface area contributed by atoms with Crippen LogP contribution in [0.3, 0.4) is 0 Å². The number of pyridine rings is 1. The van der Waals surface area contributed by atoms with Crippen LogP contribution in [0.2, 0.25) is 0 Å². The molecule has 1 amide bonds. The molecule has 1 aliphatic carbocycles. The van der Waals surface area contributed by atoms with Crippen LogP contribution in [-0.4, -0.2) is 15.9 Å². The molecule has 0 aliphatic heterocycles. The summed E-state index contributed by atoms with van der Waals surface area (Å²) in [6.45, 7) is 0. The van der Waals surface area contributed by atoms with Crippen molar-refractivity contribution in [1.29, 1.82) is 0 Å². The zero-order valence-electron chi connectivity index (χ0n) is 15.4. The zero-order chi connectivity index (χ0) is 19.1. The summed E-state index contributed by atoms with van der Waals surface area (Å²) in [6, 6.07) is 13.1. The first kappa shape index (κ1) is 16.8. The minimum absolute atomic E-state index is 0.108. The molecule has 0 unspecified atom stereocenters. The second-order valence-corrected chi connectivity index (χ2v) is 7.52. The maximum atomic E-state index is 12.7. The number of H-pyrrole nitrogens is 2. The molecule has 5 heteroatoms. The molecule has 0 saturated heterocycles. The Bertz CT molecular complexity index is 1250. The summed E-state index contributed by atoms with van der Waals surface area (Å²) < 4.78 is 0. The lowest BCUT2D eigenvalue weighted by molar-refractivity contribution is 0.102. The Morgan fingerprint density at radius 3 is 2.57 bits per heavy atom. The minimum Gasteiger partial charge on any atom is -0.361 e. The van der Waals surface area contributed by atoms with Gasteiger partial charge in [0.2, 0.25) is 5.43 Å². The lowest BCUT2D eigenvalue weighted by atomic mass is 9.97. The van der Waals surface area contributed by atoms with Crippen LogP contribution < -0.4 is 10.7 Å². The van der Waals surface area contributed by atoms with Crippen LogP contribution in [0.4, 0.5) is 5.69 Å². The molecule has 1 aliphatic rings. The first-order valence-electron chi connectivity index (χ1n) is 9.73. The number of aromatic nitrogens is 2. The van der Waals surface area contributed by atoms with E-state index in [1.807, 2.05) is 24.3 Å². The predicted molar refractivity (Wildman–Crippen MR) is 112 cm³/mol. The van der Waals surface area contributed by atoms with Gasteiger partial charge in [0.25, 0.3) is 5.91 Å². The molecule has 0 atom stereocenters. The number of hydrogen-bond donors (Lipinski definition) is 3. The lowest BCUT2D eigenvalue weighted by Crippen LogP contribution is -2.21. The standard InChI is InChI=1S/C23H21N3O2/c27-22-17-7-3-4-8-20(17)24-13-19(22)23(28)26-15-9-10-16-18(12-25-21(16)11-15)14-5-1-2-6-14/h3-4,7-14,25H,1-2,5-6H2,(H,24,27)(H,26,28). The molecule has 0 spiro atoms. The van der Waals surface area contributed by atoms with Crippen LogP contribution >= 0.6 is 0 Å². The molecule has 2 aromatic carbocycles. The number of para-hydroxylation sites is 1. The molecule has 0 bridgehead atoms. The Morgan fingerprint density at radius 1 is 0.929 bits per heavy atom. The number of fused-ring (bicyclic) bond motifs is 2. The molecular weight excluding hydrogens is 350 g/mol. The van der Waals surface area contributed by atoms with E-state index < -0.39 is 5.91 Å². The van der Waals surface area contributed by atoms with Crippen molar-refractivity contribution in [2.24, 2.45) is 0 Å². The number of anilines is 1.